The standard InChI is InChI=1S/C21H28O4S/c1-14-5-18(19(22)12-26(2,23)24)3-4-20(14)25-13-21-9-15-6-16(10-21)8-17(7-15)11-21/h3-5,15-17H,6-13H2,1-2H3. The molecule has 5 rings (SSSR count). The van der Waals surface area contributed by atoms with Gasteiger partial charge in [-0.15, -0.1) is 0 Å². The van der Waals surface area contributed by atoms with Gasteiger partial charge >= 0.3 is 0 Å². The Bertz CT molecular complexity index is 789. The first-order valence-corrected chi connectivity index (χ1v) is 11.7. The molecule has 4 bridgehead atoms. The highest BCUT2D eigenvalue weighted by atomic mass is 32.2. The minimum Gasteiger partial charge on any atom is -0.493 e. The summed E-state index contributed by atoms with van der Waals surface area (Å²) in [5.74, 6) is 2.73. The van der Waals surface area contributed by atoms with Crippen LogP contribution in [0.15, 0.2) is 18.2 Å². The lowest BCUT2D eigenvalue weighted by Gasteiger charge is -2.56. The van der Waals surface area contributed by atoms with Crippen molar-refractivity contribution in [3.8, 4) is 5.75 Å². The van der Waals surface area contributed by atoms with E-state index in [-0.39, 0.29) is 5.78 Å². The van der Waals surface area contributed by atoms with Crippen LogP contribution in [0, 0.1) is 30.1 Å². The number of sulfone groups is 1. The van der Waals surface area contributed by atoms with Gasteiger partial charge in [0.15, 0.2) is 15.6 Å². The van der Waals surface area contributed by atoms with Crippen LogP contribution in [0.1, 0.15) is 54.4 Å². The molecule has 4 aliphatic carbocycles. The molecule has 0 radical (unpaired) electrons. The van der Waals surface area contributed by atoms with Crippen LogP contribution in [0.25, 0.3) is 0 Å². The molecule has 4 fully saturated rings. The number of carbonyl (C=O) groups is 1. The van der Waals surface area contributed by atoms with Gasteiger partial charge in [-0.25, -0.2) is 8.42 Å². The number of aryl methyl sites for hydroxylation is 1. The fourth-order valence-electron chi connectivity index (χ4n) is 6.00. The largest absolute Gasteiger partial charge is 0.493 e. The first kappa shape index (κ1) is 18.0. The van der Waals surface area contributed by atoms with Crippen molar-refractivity contribution >= 4 is 15.6 Å². The van der Waals surface area contributed by atoms with E-state index in [2.05, 4.69) is 0 Å². The predicted molar refractivity (Wildman–Crippen MR) is 101 cm³/mol. The first-order chi connectivity index (χ1) is 12.2. The summed E-state index contributed by atoms with van der Waals surface area (Å²) in [6.07, 6.45) is 9.29. The van der Waals surface area contributed by atoms with Gasteiger partial charge in [0.05, 0.1) is 6.61 Å². The molecule has 142 valence electrons. The van der Waals surface area contributed by atoms with Crippen molar-refractivity contribution in [2.75, 3.05) is 18.6 Å². The van der Waals surface area contributed by atoms with Crippen LogP contribution in [0.2, 0.25) is 0 Å². The van der Waals surface area contributed by atoms with Gasteiger partial charge < -0.3 is 4.74 Å². The Hall–Kier alpha value is -1.36. The van der Waals surface area contributed by atoms with Crippen molar-refractivity contribution in [1.29, 1.82) is 0 Å². The number of hydrogen-bond donors (Lipinski definition) is 0. The van der Waals surface area contributed by atoms with Gasteiger partial charge in [0.2, 0.25) is 0 Å². The maximum absolute atomic E-state index is 12.1. The highest BCUT2D eigenvalue weighted by Gasteiger charge is 2.51. The van der Waals surface area contributed by atoms with E-state index in [9.17, 15) is 13.2 Å². The number of ketones is 1. The number of Topliss-reactive ketones (excluding diaryl/α,β-unsaturated/α-hetero) is 1. The first-order valence-electron chi connectivity index (χ1n) is 9.66. The van der Waals surface area contributed by atoms with Gasteiger partial charge in [0.25, 0.3) is 0 Å². The van der Waals surface area contributed by atoms with Gasteiger partial charge in [-0.1, -0.05) is 0 Å². The third-order valence-electron chi connectivity index (χ3n) is 6.59. The van der Waals surface area contributed by atoms with Crippen molar-refractivity contribution < 1.29 is 17.9 Å². The second-order valence-electron chi connectivity index (χ2n) is 9.18. The molecule has 1 aromatic carbocycles. The zero-order valence-electron chi connectivity index (χ0n) is 15.7. The maximum Gasteiger partial charge on any atom is 0.177 e. The maximum atomic E-state index is 12.1. The molecule has 0 aliphatic heterocycles. The second-order valence-corrected chi connectivity index (χ2v) is 11.3. The monoisotopic (exact) mass is 376 g/mol. The van der Waals surface area contributed by atoms with Crippen molar-refractivity contribution in [3.63, 3.8) is 0 Å². The zero-order valence-corrected chi connectivity index (χ0v) is 16.5. The minimum absolute atomic E-state index is 0.353. The van der Waals surface area contributed by atoms with E-state index < -0.39 is 15.6 Å². The van der Waals surface area contributed by atoms with Crippen molar-refractivity contribution in [1.82, 2.24) is 0 Å². The average molecular weight is 377 g/mol. The molecule has 0 spiro atoms. The Morgan fingerprint density at radius 3 is 2.19 bits per heavy atom. The predicted octanol–water partition coefficient (Wildman–Crippen LogP) is 3.82. The summed E-state index contributed by atoms with van der Waals surface area (Å²) in [7, 11) is -3.31. The topological polar surface area (TPSA) is 60.4 Å². The third kappa shape index (κ3) is 3.68. The lowest BCUT2D eigenvalue weighted by atomic mass is 9.50. The fraction of sp³-hybridized carbons (Fsp3) is 0.667. The van der Waals surface area contributed by atoms with Crippen LogP contribution >= 0.6 is 0 Å². The second kappa shape index (κ2) is 6.36. The molecule has 0 atom stereocenters. The Labute approximate surface area is 156 Å². The Morgan fingerprint density at radius 1 is 1.12 bits per heavy atom. The van der Waals surface area contributed by atoms with E-state index in [1.165, 1.54) is 38.5 Å². The Kier molecular flexibility index (Phi) is 4.41. The average Bonchev–Trinajstić information content (AvgIpc) is 2.50. The molecule has 0 heterocycles. The molecule has 4 nitrogen and oxygen atoms in total. The molecule has 26 heavy (non-hydrogen) atoms. The van der Waals surface area contributed by atoms with Crippen LogP contribution in [0.4, 0.5) is 0 Å². The smallest absolute Gasteiger partial charge is 0.177 e. The quantitative estimate of drug-likeness (QED) is 0.708. The highest BCUT2D eigenvalue weighted by Crippen LogP contribution is 2.60. The van der Waals surface area contributed by atoms with Gasteiger partial charge in [-0.3, -0.25) is 4.79 Å². The van der Waals surface area contributed by atoms with E-state index in [0.717, 1.165) is 41.9 Å². The summed E-state index contributed by atoms with van der Waals surface area (Å²) in [5.41, 5.74) is 1.69. The fourth-order valence-corrected chi connectivity index (χ4v) is 6.65. The molecular weight excluding hydrogens is 348 g/mol. The molecule has 0 unspecified atom stereocenters. The molecule has 0 aromatic heterocycles. The molecule has 0 N–H and O–H groups in total. The van der Waals surface area contributed by atoms with Crippen LogP contribution in [-0.4, -0.2) is 32.8 Å². The number of rotatable bonds is 6. The number of hydrogen-bond acceptors (Lipinski definition) is 4. The molecule has 1 aromatic rings. The molecule has 4 saturated carbocycles. The van der Waals surface area contributed by atoms with E-state index in [4.69, 9.17) is 4.74 Å². The number of ether oxygens (including phenoxy) is 1. The van der Waals surface area contributed by atoms with E-state index in [0.29, 0.717) is 11.0 Å². The van der Waals surface area contributed by atoms with Crippen molar-refractivity contribution in [2.24, 2.45) is 23.2 Å². The minimum atomic E-state index is -3.31. The van der Waals surface area contributed by atoms with Crippen LogP contribution < -0.4 is 4.74 Å². The summed E-state index contributed by atoms with van der Waals surface area (Å²) in [6.45, 7) is 2.69. The third-order valence-corrected chi connectivity index (χ3v) is 7.38. The van der Waals surface area contributed by atoms with Gasteiger partial charge in [0.1, 0.15) is 11.5 Å². The summed E-state index contributed by atoms with van der Waals surface area (Å²) >= 11 is 0. The summed E-state index contributed by atoms with van der Waals surface area (Å²) in [5, 5.41) is 0. The van der Waals surface area contributed by atoms with E-state index >= 15 is 0 Å². The highest BCUT2D eigenvalue weighted by molar-refractivity contribution is 7.91. The Balaban J connectivity index is 1.44. The summed E-state index contributed by atoms with van der Waals surface area (Å²) in [4.78, 5) is 12.1. The summed E-state index contributed by atoms with van der Waals surface area (Å²) < 4.78 is 28.9. The van der Waals surface area contributed by atoms with Crippen LogP contribution in [0.3, 0.4) is 0 Å². The normalized spacial score (nSPS) is 32.6. The lowest BCUT2D eigenvalue weighted by Crippen LogP contribution is -2.48. The molecule has 0 amide bonds. The van der Waals surface area contributed by atoms with E-state index in [1.807, 2.05) is 13.0 Å². The van der Waals surface area contributed by atoms with Gasteiger partial charge in [0, 0.05) is 17.2 Å². The van der Waals surface area contributed by atoms with Gasteiger partial charge in [-0.2, -0.15) is 0 Å². The Morgan fingerprint density at radius 2 is 1.69 bits per heavy atom. The van der Waals surface area contributed by atoms with E-state index in [1.54, 1.807) is 12.1 Å². The number of carbonyl (C=O) groups excluding carboxylic acids is 1. The SMILES string of the molecule is Cc1cc(C(=O)CS(C)(=O)=O)ccc1OCC12CC3CC(CC(C3)C1)C2. The van der Waals surface area contributed by atoms with Crippen molar-refractivity contribution in [3.05, 3.63) is 29.3 Å². The summed E-state index contributed by atoms with van der Waals surface area (Å²) in [6, 6.07) is 5.27. The zero-order chi connectivity index (χ0) is 18.5. The molecular formula is C21H28O4S. The molecule has 5 heteroatoms. The number of benzene rings is 1. The lowest BCUT2D eigenvalue weighted by molar-refractivity contribution is -0.0746. The molecule has 4 aliphatic rings. The van der Waals surface area contributed by atoms with Crippen LogP contribution in [0.5, 0.6) is 5.75 Å². The van der Waals surface area contributed by atoms with Crippen LogP contribution in [-0.2, 0) is 9.84 Å². The van der Waals surface area contributed by atoms with Crippen molar-refractivity contribution in [2.45, 2.75) is 45.4 Å². The van der Waals surface area contributed by atoms with Gasteiger partial charge in [-0.05, 0) is 87.0 Å². The molecule has 0 saturated heterocycles.